The Bertz CT molecular complexity index is 2940. The fourth-order valence-corrected chi connectivity index (χ4v) is 13.9. The minimum absolute atomic E-state index is 0.0602. The summed E-state index contributed by atoms with van der Waals surface area (Å²) in [7, 11) is 0. The lowest BCUT2D eigenvalue weighted by molar-refractivity contribution is -0.0396. The monoisotopic (exact) mass is 694 g/mol. The molecule has 1 heteroatoms. The Labute approximate surface area is 313 Å². The van der Waals surface area contributed by atoms with Gasteiger partial charge in [0.2, 0.25) is 0 Å². The van der Waals surface area contributed by atoms with E-state index >= 15 is 0 Å². The van der Waals surface area contributed by atoms with E-state index in [1.807, 2.05) is 11.3 Å². The third-order valence-electron chi connectivity index (χ3n) is 14.4. The zero-order valence-corrected chi connectivity index (χ0v) is 30.4. The smallest absolute Gasteiger partial charge is 0.0355 e. The van der Waals surface area contributed by atoms with Crippen LogP contribution in [-0.2, 0) is 5.41 Å². The highest BCUT2D eigenvalue weighted by Gasteiger charge is 2.62. The molecule has 0 aliphatic heterocycles. The van der Waals surface area contributed by atoms with Crippen LogP contribution in [0.25, 0.3) is 85.9 Å². The third-order valence-corrected chi connectivity index (χ3v) is 15.6. The summed E-state index contributed by atoms with van der Waals surface area (Å²) in [6, 6.07) is 56.3. The Morgan fingerprint density at radius 3 is 1.68 bits per heavy atom. The van der Waals surface area contributed by atoms with Crippen LogP contribution in [0.4, 0.5) is 0 Å². The van der Waals surface area contributed by atoms with Gasteiger partial charge in [-0.15, -0.1) is 11.3 Å². The van der Waals surface area contributed by atoms with Crippen molar-refractivity contribution in [2.45, 2.75) is 37.5 Å². The number of rotatable bonds is 2. The van der Waals surface area contributed by atoms with E-state index < -0.39 is 0 Å². The molecule has 1 spiro atoms. The average Bonchev–Trinajstić information content (AvgIpc) is 3.72. The van der Waals surface area contributed by atoms with Crippen LogP contribution in [0.15, 0.2) is 146 Å². The molecule has 0 nitrogen and oxygen atoms in total. The topological polar surface area (TPSA) is 0 Å². The van der Waals surface area contributed by atoms with E-state index in [4.69, 9.17) is 0 Å². The van der Waals surface area contributed by atoms with Crippen molar-refractivity contribution in [3.8, 4) is 33.4 Å². The van der Waals surface area contributed by atoms with Crippen molar-refractivity contribution in [3.05, 3.63) is 157 Å². The zero-order valence-electron chi connectivity index (χ0n) is 29.6. The van der Waals surface area contributed by atoms with Crippen molar-refractivity contribution >= 4 is 63.8 Å². The first-order chi connectivity index (χ1) is 26.3. The van der Waals surface area contributed by atoms with Gasteiger partial charge in [0, 0.05) is 25.6 Å². The molecular weight excluding hydrogens is 657 g/mol. The molecule has 0 atom stereocenters. The van der Waals surface area contributed by atoms with Crippen LogP contribution in [0.1, 0.15) is 43.2 Å². The van der Waals surface area contributed by atoms with Crippen LogP contribution < -0.4 is 0 Å². The van der Waals surface area contributed by atoms with E-state index in [2.05, 4.69) is 146 Å². The first-order valence-electron chi connectivity index (χ1n) is 19.8. The molecule has 53 heavy (non-hydrogen) atoms. The van der Waals surface area contributed by atoms with Crippen molar-refractivity contribution in [1.29, 1.82) is 0 Å². The molecule has 5 aliphatic rings. The molecular formula is C52H38S. The maximum Gasteiger partial charge on any atom is 0.0355 e. The fraction of sp³-hybridized carbons (Fsp3) is 0.192. The van der Waals surface area contributed by atoms with Crippen LogP contribution in [-0.4, -0.2) is 0 Å². The van der Waals surface area contributed by atoms with Gasteiger partial charge in [0.05, 0.1) is 0 Å². The molecule has 4 saturated carbocycles. The van der Waals surface area contributed by atoms with Gasteiger partial charge in [0.1, 0.15) is 0 Å². The van der Waals surface area contributed by atoms with Gasteiger partial charge in [-0.25, -0.2) is 0 Å². The van der Waals surface area contributed by atoms with Gasteiger partial charge >= 0.3 is 0 Å². The first-order valence-corrected chi connectivity index (χ1v) is 20.6. The molecule has 4 bridgehead atoms. The minimum atomic E-state index is 0.0602. The predicted molar refractivity (Wildman–Crippen MR) is 226 cm³/mol. The van der Waals surface area contributed by atoms with Crippen molar-refractivity contribution in [2.24, 2.45) is 23.7 Å². The normalized spacial score (nSPS) is 23.9. The Morgan fingerprint density at radius 1 is 0.415 bits per heavy atom. The van der Waals surface area contributed by atoms with Crippen LogP contribution in [0, 0.1) is 23.7 Å². The largest absolute Gasteiger partial charge is 0.135 e. The van der Waals surface area contributed by atoms with E-state index in [9.17, 15) is 0 Å². The number of hydrogen-bond acceptors (Lipinski definition) is 1. The summed E-state index contributed by atoms with van der Waals surface area (Å²) >= 11 is 1.90. The van der Waals surface area contributed by atoms with Gasteiger partial charge in [0.25, 0.3) is 0 Å². The molecule has 252 valence electrons. The van der Waals surface area contributed by atoms with E-state index in [1.54, 1.807) is 11.1 Å². The second-order valence-electron chi connectivity index (χ2n) is 16.8. The van der Waals surface area contributed by atoms with Crippen molar-refractivity contribution < 1.29 is 0 Å². The summed E-state index contributed by atoms with van der Waals surface area (Å²) < 4.78 is 2.71. The molecule has 9 aromatic rings. The Kier molecular flexibility index (Phi) is 5.77. The number of benzene rings is 8. The van der Waals surface area contributed by atoms with Crippen molar-refractivity contribution in [1.82, 2.24) is 0 Å². The molecule has 0 N–H and O–H groups in total. The highest BCUT2D eigenvalue weighted by Crippen LogP contribution is 2.71. The minimum Gasteiger partial charge on any atom is -0.135 e. The molecule has 0 unspecified atom stereocenters. The van der Waals surface area contributed by atoms with Crippen LogP contribution in [0.2, 0.25) is 0 Å². The number of hydrogen-bond donors (Lipinski definition) is 0. The molecule has 0 amide bonds. The molecule has 0 radical (unpaired) electrons. The average molecular weight is 695 g/mol. The Hall–Kier alpha value is -5.24. The standard InChI is InChI=1S/C52H38S/c1-2-11-36-32(10-1)20-22-45-50(36)43-18-9-17-42(51(43)52(45)34-25-30-24-31(27-34)28-35(52)26-30)49-40-15-5-3-13-38(40)48(39-14-4-6-16-41(39)49)33-21-23-47-44(29-33)37-12-7-8-19-46(37)53-47/h1-23,29-31,34-35H,24-28H2. The maximum atomic E-state index is 2.58. The maximum absolute atomic E-state index is 2.58. The molecule has 0 saturated heterocycles. The SMILES string of the molecule is c1cc2c(c(-c3c4ccccc4c(-c4ccc5sc6ccccc6c5c4)c4ccccc34)c1)C1(c3ccc4ccccc4c3-2)C2CC3CC(C2)CC1C3. The lowest BCUT2D eigenvalue weighted by Crippen LogP contribution is -2.55. The van der Waals surface area contributed by atoms with E-state index in [1.165, 1.54) is 118 Å². The summed E-state index contributed by atoms with van der Waals surface area (Å²) in [6.07, 6.45) is 6.99. The Morgan fingerprint density at radius 2 is 0.981 bits per heavy atom. The van der Waals surface area contributed by atoms with Gasteiger partial charge in [-0.05, 0) is 151 Å². The van der Waals surface area contributed by atoms with Gasteiger partial charge < -0.3 is 0 Å². The van der Waals surface area contributed by atoms with Crippen molar-refractivity contribution in [3.63, 3.8) is 0 Å². The number of thiophene rings is 1. The second-order valence-corrected chi connectivity index (χ2v) is 17.8. The van der Waals surface area contributed by atoms with Gasteiger partial charge in [-0.2, -0.15) is 0 Å². The molecule has 1 heterocycles. The van der Waals surface area contributed by atoms with Crippen molar-refractivity contribution in [2.75, 3.05) is 0 Å². The highest BCUT2D eigenvalue weighted by atomic mass is 32.1. The first kappa shape index (κ1) is 29.2. The molecule has 1 aromatic heterocycles. The molecule has 5 aliphatic carbocycles. The summed E-state index contributed by atoms with van der Waals surface area (Å²) in [6.45, 7) is 0. The van der Waals surface area contributed by atoms with Crippen LogP contribution in [0.5, 0.6) is 0 Å². The fourth-order valence-electron chi connectivity index (χ4n) is 12.8. The Balaban J connectivity index is 1.15. The van der Waals surface area contributed by atoms with E-state index in [-0.39, 0.29) is 5.41 Å². The molecule has 8 aromatic carbocycles. The summed E-state index contributed by atoms with van der Waals surface area (Å²) in [4.78, 5) is 0. The second kappa shape index (κ2) is 10.5. The predicted octanol–water partition coefficient (Wildman–Crippen LogP) is 14.6. The number of fused-ring (bicyclic) bond motifs is 10. The molecule has 14 rings (SSSR count). The summed E-state index contributed by atoms with van der Waals surface area (Å²) in [5.74, 6) is 3.21. The zero-order chi connectivity index (χ0) is 34.4. The quantitative estimate of drug-likeness (QED) is 0.158. The van der Waals surface area contributed by atoms with Crippen LogP contribution >= 0.6 is 11.3 Å². The lowest BCUT2D eigenvalue weighted by atomic mass is 9.42. The lowest BCUT2D eigenvalue weighted by Gasteiger charge is -2.61. The van der Waals surface area contributed by atoms with Gasteiger partial charge in [0.15, 0.2) is 0 Å². The van der Waals surface area contributed by atoms with E-state index in [0.29, 0.717) is 11.8 Å². The highest BCUT2D eigenvalue weighted by molar-refractivity contribution is 7.25. The molecule has 4 fully saturated rings. The van der Waals surface area contributed by atoms with Crippen LogP contribution in [0.3, 0.4) is 0 Å². The van der Waals surface area contributed by atoms with Gasteiger partial charge in [-0.3, -0.25) is 0 Å². The van der Waals surface area contributed by atoms with E-state index in [0.717, 1.165) is 11.8 Å². The van der Waals surface area contributed by atoms with Gasteiger partial charge in [-0.1, -0.05) is 127 Å². The summed E-state index contributed by atoms with van der Waals surface area (Å²) in [5, 5.41) is 10.9. The summed E-state index contributed by atoms with van der Waals surface area (Å²) in [5.41, 5.74) is 11.9. The third kappa shape index (κ3) is 3.72.